The molecule has 0 bridgehead atoms. The summed E-state index contributed by atoms with van der Waals surface area (Å²) in [7, 11) is 0. The van der Waals surface area contributed by atoms with Crippen LogP contribution in [0.2, 0.25) is 0 Å². The Kier molecular flexibility index (Phi) is 7.84. The number of halogens is 1. The maximum Gasteiger partial charge on any atom is 0.246 e. The summed E-state index contributed by atoms with van der Waals surface area (Å²) in [4.78, 5) is 21.2. The van der Waals surface area contributed by atoms with Crippen LogP contribution in [0.25, 0.3) is 11.3 Å². The number of hydrogen-bond acceptors (Lipinski definition) is 7. The number of carbonyl (C=O) groups excluding carboxylic acids is 1. The normalized spacial score (nSPS) is 10.6. The molecule has 0 fully saturated rings. The summed E-state index contributed by atoms with van der Waals surface area (Å²) in [5.41, 5.74) is 5.63. The first-order valence-corrected chi connectivity index (χ1v) is 13.1. The molecule has 0 aliphatic carbocycles. The third-order valence-electron chi connectivity index (χ3n) is 5.87. The minimum atomic E-state index is -0.196. The molecule has 0 aliphatic heterocycles. The molecule has 9 nitrogen and oxygen atoms in total. The van der Waals surface area contributed by atoms with E-state index in [9.17, 15) is 4.79 Å². The number of aryl methyl sites for hydroxylation is 2. The lowest BCUT2D eigenvalue weighted by molar-refractivity contribution is -0.116. The fraction of sp³-hybridized carbons (Fsp3) is 0.100. The van der Waals surface area contributed by atoms with E-state index in [-0.39, 0.29) is 12.5 Å². The molecule has 40 heavy (non-hydrogen) atoms. The molecule has 3 aromatic carbocycles. The van der Waals surface area contributed by atoms with E-state index in [2.05, 4.69) is 52.8 Å². The van der Waals surface area contributed by atoms with Gasteiger partial charge in [0.25, 0.3) is 0 Å². The highest BCUT2D eigenvalue weighted by Gasteiger charge is 2.14. The van der Waals surface area contributed by atoms with Gasteiger partial charge in [-0.1, -0.05) is 27.1 Å². The average Bonchev–Trinajstić information content (AvgIpc) is 3.41. The predicted octanol–water partition coefficient (Wildman–Crippen LogP) is 6.27. The van der Waals surface area contributed by atoms with Crippen LogP contribution in [0.15, 0.2) is 83.6 Å². The van der Waals surface area contributed by atoms with Crippen molar-refractivity contribution >= 4 is 39.2 Å². The van der Waals surface area contributed by atoms with Crippen molar-refractivity contribution in [1.82, 2.24) is 25.0 Å². The Labute approximate surface area is 239 Å². The predicted molar refractivity (Wildman–Crippen MR) is 157 cm³/mol. The number of nitrogens with zero attached hydrogens (tertiary/aromatic N) is 5. The number of nitrogens with one attached hydrogen (secondary N) is 2. The lowest BCUT2D eigenvalue weighted by Gasteiger charge is -2.13. The largest absolute Gasteiger partial charge is 0.438 e. The highest BCUT2D eigenvalue weighted by Crippen LogP contribution is 2.32. The summed E-state index contributed by atoms with van der Waals surface area (Å²) in [5.74, 6) is 3.89. The standard InChI is InChI=1S/C30H24BrN7O2/c1-4-21-5-9-25(10-6-21)34-30-32-14-13-28(35-30)40-29-19(2)15-22(16-20(29)3)26-17-38(37-36-26)18-27(39)33-24-11-7-23(31)8-12-24/h1,5-17H,18H2,2-3H3,(H,33,39)(H,32,34,35). The van der Waals surface area contributed by atoms with Crippen LogP contribution in [-0.4, -0.2) is 30.9 Å². The SMILES string of the molecule is C#Cc1ccc(Nc2nccc(Oc3c(C)cc(-c4cn(CC(=O)Nc5ccc(Br)cc5)nn4)cc3C)n2)cc1. The van der Waals surface area contributed by atoms with Gasteiger partial charge in [-0.2, -0.15) is 4.98 Å². The molecule has 2 aromatic heterocycles. The molecule has 5 rings (SSSR count). The minimum absolute atomic E-state index is 0.0420. The number of benzene rings is 3. The van der Waals surface area contributed by atoms with E-state index in [0.29, 0.717) is 29.0 Å². The van der Waals surface area contributed by atoms with Gasteiger partial charge in [-0.15, -0.1) is 11.5 Å². The Bertz CT molecular complexity index is 1680. The zero-order valence-corrected chi connectivity index (χ0v) is 23.3. The Morgan fingerprint density at radius 3 is 2.42 bits per heavy atom. The van der Waals surface area contributed by atoms with Crippen LogP contribution in [0.3, 0.4) is 0 Å². The first-order valence-electron chi connectivity index (χ1n) is 12.3. The molecule has 0 saturated carbocycles. The van der Waals surface area contributed by atoms with Gasteiger partial charge in [0.2, 0.25) is 17.7 Å². The lowest BCUT2D eigenvalue weighted by Crippen LogP contribution is -2.19. The second-order valence-corrected chi connectivity index (χ2v) is 9.88. The van der Waals surface area contributed by atoms with Gasteiger partial charge in [0.1, 0.15) is 18.0 Å². The molecular weight excluding hydrogens is 570 g/mol. The second-order valence-electron chi connectivity index (χ2n) is 8.96. The molecule has 0 unspecified atom stereocenters. The van der Waals surface area contributed by atoms with Gasteiger partial charge in [-0.3, -0.25) is 4.79 Å². The summed E-state index contributed by atoms with van der Waals surface area (Å²) >= 11 is 3.38. The van der Waals surface area contributed by atoms with Gasteiger partial charge >= 0.3 is 0 Å². The number of amides is 1. The van der Waals surface area contributed by atoms with Gasteiger partial charge < -0.3 is 15.4 Å². The molecule has 2 N–H and O–H groups in total. The molecule has 0 radical (unpaired) electrons. The molecule has 0 saturated heterocycles. The molecule has 198 valence electrons. The maximum absolute atomic E-state index is 12.4. The Morgan fingerprint density at radius 1 is 1.02 bits per heavy atom. The molecule has 5 aromatic rings. The summed E-state index contributed by atoms with van der Waals surface area (Å²) in [5, 5.41) is 14.4. The number of aromatic nitrogens is 5. The Balaban J connectivity index is 1.26. The highest BCUT2D eigenvalue weighted by atomic mass is 79.9. The quantitative estimate of drug-likeness (QED) is 0.204. The summed E-state index contributed by atoms with van der Waals surface area (Å²) < 4.78 is 8.60. The third-order valence-corrected chi connectivity index (χ3v) is 6.40. The third kappa shape index (κ3) is 6.51. The second kappa shape index (κ2) is 11.8. The first kappa shape index (κ1) is 26.6. The monoisotopic (exact) mass is 593 g/mol. The van der Waals surface area contributed by atoms with Crippen molar-refractivity contribution in [3.05, 3.63) is 100 Å². The van der Waals surface area contributed by atoms with Crippen molar-refractivity contribution in [1.29, 1.82) is 0 Å². The van der Waals surface area contributed by atoms with Crippen molar-refractivity contribution < 1.29 is 9.53 Å². The molecule has 0 aliphatic rings. The molecule has 0 spiro atoms. The number of carbonyl (C=O) groups is 1. The van der Waals surface area contributed by atoms with E-state index in [1.165, 1.54) is 4.68 Å². The topological polar surface area (TPSA) is 107 Å². The van der Waals surface area contributed by atoms with E-state index in [1.807, 2.05) is 74.5 Å². The van der Waals surface area contributed by atoms with Crippen molar-refractivity contribution in [3.8, 4) is 35.2 Å². The van der Waals surface area contributed by atoms with Gasteiger partial charge in [0, 0.05) is 39.2 Å². The molecular formula is C30H24BrN7O2. The van der Waals surface area contributed by atoms with E-state index in [0.717, 1.165) is 32.4 Å². The highest BCUT2D eigenvalue weighted by molar-refractivity contribution is 9.10. The zero-order chi connectivity index (χ0) is 28.1. The van der Waals surface area contributed by atoms with Gasteiger partial charge in [0.05, 0.1) is 6.20 Å². The van der Waals surface area contributed by atoms with Crippen LogP contribution in [0.4, 0.5) is 17.3 Å². The van der Waals surface area contributed by atoms with Crippen LogP contribution in [0, 0.1) is 26.2 Å². The number of rotatable bonds is 8. The van der Waals surface area contributed by atoms with Crippen LogP contribution in [-0.2, 0) is 11.3 Å². The van der Waals surface area contributed by atoms with Crippen LogP contribution >= 0.6 is 15.9 Å². The van der Waals surface area contributed by atoms with Crippen molar-refractivity contribution in [2.45, 2.75) is 20.4 Å². The fourth-order valence-corrected chi connectivity index (χ4v) is 4.25. The molecule has 10 heteroatoms. The zero-order valence-electron chi connectivity index (χ0n) is 21.7. The van der Waals surface area contributed by atoms with Crippen molar-refractivity contribution in [3.63, 3.8) is 0 Å². The van der Waals surface area contributed by atoms with E-state index in [1.54, 1.807) is 18.5 Å². The van der Waals surface area contributed by atoms with Crippen molar-refractivity contribution in [2.24, 2.45) is 0 Å². The number of hydrogen-bond donors (Lipinski definition) is 2. The lowest BCUT2D eigenvalue weighted by atomic mass is 10.0. The van der Waals surface area contributed by atoms with E-state index in [4.69, 9.17) is 11.2 Å². The molecule has 1 amide bonds. The molecule has 2 heterocycles. The van der Waals surface area contributed by atoms with Crippen LogP contribution in [0.5, 0.6) is 11.6 Å². The smallest absolute Gasteiger partial charge is 0.246 e. The van der Waals surface area contributed by atoms with Gasteiger partial charge in [-0.25, -0.2) is 9.67 Å². The summed E-state index contributed by atoms with van der Waals surface area (Å²) in [6.45, 7) is 3.95. The molecule has 0 atom stereocenters. The summed E-state index contributed by atoms with van der Waals surface area (Å²) in [6, 6.07) is 20.4. The van der Waals surface area contributed by atoms with Crippen LogP contribution in [0.1, 0.15) is 16.7 Å². The van der Waals surface area contributed by atoms with Crippen molar-refractivity contribution in [2.75, 3.05) is 10.6 Å². The minimum Gasteiger partial charge on any atom is -0.438 e. The van der Waals surface area contributed by atoms with E-state index >= 15 is 0 Å². The van der Waals surface area contributed by atoms with Gasteiger partial charge in [-0.05, 0) is 85.6 Å². The van der Waals surface area contributed by atoms with E-state index < -0.39 is 0 Å². The Hall–Kier alpha value is -5.01. The van der Waals surface area contributed by atoms with Gasteiger partial charge in [0.15, 0.2) is 0 Å². The fourth-order valence-electron chi connectivity index (χ4n) is 3.99. The first-order chi connectivity index (χ1) is 19.4. The number of ether oxygens (including phenoxy) is 1. The number of terminal acetylenes is 1. The number of anilines is 3. The average molecular weight is 594 g/mol. The summed E-state index contributed by atoms with van der Waals surface area (Å²) in [6.07, 6.45) is 8.80. The van der Waals surface area contributed by atoms with Crippen LogP contribution < -0.4 is 15.4 Å². The maximum atomic E-state index is 12.4. The Morgan fingerprint density at radius 2 is 1.73 bits per heavy atom.